The first-order valence-corrected chi connectivity index (χ1v) is 11.6. The number of methoxy groups -OCH3 is 2. The van der Waals surface area contributed by atoms with Gasteiger partial charge in [-0.15, -0.1) is 0 Å². The maximum Gasteiger partial charge on any atom is 0.316 e. The Balaban J connectivity index is 2.39. The molecule has 36 heavy (non-hydrogen) atoms. The molecule has 0 bridgehead atoms. The number of ketones is 1. The van der Waals surface area contributed by atoms with E-state index in [1.165, 1.54) is 20.3 Å². The van der Waals surface area contributed by atoms with E-state index in [4.69, 9.17) is 18.9 Å². The molecule has 0 aliphatic rings. The van der Waals surface area contributed by atoms with Crippen molar-refractivity contribution in [2.24, 2.45) is 10.8 Å². The predicted octanol–water partition coefficient (Wildman–Crippen LogP) is 6.12. The van der Waals surface area contributed by atoms with E-state index >= 15 is 0 Å². The molecule has 0 aliphatic carbocycles. The van der Waals surface area contributed by atoms with Gasteiger partial charge in [-0.2, -0.15) is 0 Å². The third-order valence-corrected chi connectivity index (χ3v) is 5.43. The summed E-state index contributed by atoms with van der Waals surface area (Å²) in [6, 6.07) is 6.35. The molecule has 0 spiro atoms. The molecule has 2 aromatic rings. The number of rotatable bonds is 7. The van der Waals surface area contributed by atoms with Crippen molar-refractivity contribution >= 4 is 23.8 Å². The zero-order valence-electron chi connectivity index (χ0n) is 22.8. The summed E-state index contributed by atoms with van der Waals surface area (Å²) < 4.78 is 22.3. The molecular formula is C29H36O7. The summed E-state index contributed by atoms with van der Waals surface area (Å²) >= 11 is 0. The van der Waals surface area contributed by atoms with Crippen molar-refractivity contribution in [3.8, 4) is 23.0 Å². The predicted molar refractivity (Wildman–Crippen MR) is 139 cm³/mol. The number of carbonyl (C=O) groups excluding carboxylic acids is 3. The molecule has 0 heterocycles. The Morgan fingerprint density at radius 1 is 0.694 bits per heavy atom. The number of hydrogen-bond acceptors (Lipinski definition) is 7. The number of hydrogen-bond donors (Lipinski definition) is 0. The van der Waals surface area contributed by atoms with Crippen LogP contribution in [0.25, 0.3) is 6.08 Å². The fraction of sp³-hybridized carbons (Fsp3) is 0.414. The Kier molecular flexibility index (Phi) is 8.73. The summed E-state index contributed by atoms with van der Waals surface area (Å²) in [4.78, 5) is 37.5. The molecule has 0 aliphatic heterocycles. The fourth-order valence-electron chi connectivity index (χ4n) is 3.27. The highest BCUT2D eigenvalue weighted by atomic mass is 16.5. The second-order valence-corrected chi connectivity index (χ2v) is 10.6. The van der Waals surface area contributed by atoms with Gasteiger partial charge in [0.15, 0.2) is 5.78 Å². The molecule has 2 aromatic carbocycles. The normalized spacial score (nSPS) is 11.8. The molecule has 0 N–H and O–H groups in total. The van der Waals surface area contributed by atoms with Gasteiger partial charge in [-0.25, -0.2) is 0 Å². The van der Waals surface area contributed by atoms with Gasteiger partial charge in [0, 0.05) is 16.7 Å². The van der Waals surface area contributed by atoms with Gasteiger partial charge in [0.25, 0.3) is 0 Å². The average molecular weight is 497 g/mol. The first-order valence-electron chi connectivity index (χ1n) is 11.6. The van der Waals surface area contributed by atoms with Crippen molar-refractivity contribution < 1.29 is 33.3 Å². The quantitative estimate of drug-likeness (QED) is 0.197. The van der Waals surface area contributed by atoms with Crippen molar-refractivity contribution in [2.45, 2.75) is 55.4 Å². The van der Waals surface area contributed by atoms with Crippen LogP contribution >= 0.6 is 0 Å². The van der Waals surface area contributed by atoms with E-state index in [0.29, 0.717) is 45.3 Å². The zero-order valence-corrected chi connectivity index (χ0v) is 22.8. The Morgan fingerprint density at radius 3 is 1.56 bits per heavy atom. The highest BCUT2D eigenvalue weighted by molar-refractivity contribution is 6.07. The van der Waals surface area contributed by atoms with E-state index in [0.717, 1.165) is 0 Å². The molecule has 0 amide bonds. The lowest BCUT2D eigenvalue weighted by atomic mass is 9.96. The smallest absolute Gasteiger partial charge is 0.316 e. The lowest BCUT2D eigenvalue weighted by Crippen LogP contribution is -2.26. The van der Waals surface area contributed by atoms with Crippen LogP contribution in [0.3, 0.4) is 0 Å². The molecule has 0 saturated heterocycles. The SMILES string of the molecule is COc1c(C)c(OC(=O)C(C)(C)C)c(C)c(OC)c1C=CC(=O)c1ccc(OC(=O)C(C)(C)C)cc1. The number of allylic oxidation sites excluding steroid dienone is 1. The zero-order chi connectivity index (χ0) is 27.4. The van der Waals surface area contributed by atoms with E-state index in [2.05, 4.69) is 0 Å². The molecule has 194 valence electrons. The lowest BCUT2D eigenvalue weighted by molar-refractivity contribution is -0.143. The summed E-state index contributed by atoms with van der Waals surface area (Å²) in [5, 5.41) is 0. The van der Waals surface area contributed by atoms with Crippen molar-refractivity contribution in [3.63, 3.8) is 0 Å². The maximum absolute atomic E-state index is 12.9. The second-order valence-electron chi connectivity index (χ2n) is 10.6. The summed E-state index contributed by atoms with van der Waals surface area (Å²) in [5.41, 5.74) is 0.881. The minimum absolute atomic E-state index is 0.258. The van der Waals surface area contributed by atoms with E-state index in [-0.39, 0.29) is 17.7 Å². The van der Waals surface area contributed by atoms with Crippen molar-refractivity contribution in [3.05, 3.63) is 52.6 Å². The Labute approximate surface area is 213 Å². The topological polar surface area (TPSA) is 88.1 Å². The van der Waals surface area contributed by atoms with Crippen LogP contribution in [0, 0.1) is 24.7 Å². The molecule has 7 heteroatoms. The van der Waals surface area contributed by atoms with E-state index in [1.807, 2.05) is 0 Å². The number of carbonyl (C=O) groups is 3. The molecular weight excluding hydrogens is 460 g/mol. The van der Waals surface area contributed by atoms with E-state index in [9.17, 15) is 14.4 Å². The van der Waals surface area contributed by atoms with Crippen LogP contribution < -0.4 is 18.9 Å². The minimum atomic E-state index is -0.690. The summed E-state index contributed by atoms with van der Waals surface area (Å²) in [6.45, 7) is 14.2. The fourth-order valence-corrected chi connectivity index (χ4v) is 3.27. The van der Waals surface area contributed by atoms with Gasteiger partial charge in [-0.3, -0.25) is 14.4 Å². The van der Waals surface area contributed by atoms with Crippen molar-refractivity contribution in [1.29, 1.82) is 0 Å². The van der Waals surface area contributed by atoms with Crippen molar-refractivity contribution in [1.82, 2.24) is 0 Å². The van der Waals surface area contributed by atoms with Crippen LogP contribution in [-0.2, 0) is 9.59 Å². The number of ether oxygens (including phenoxy) is 4. The minimum Gasteiger partial charge on any atom is -0.496 e. The van der Waals surface area contributed by atoms with Gasteiger partial charge in [-0.05, 0) is 91.8 Å². The molecule has 0 radical (unpaired) electrons. The monoisotopic (exact) mass is 496 g/mol. The van der Waals surface area contributed by atoms with Crippen LogP contribution in [0.5, 0.6) is 23.0 Å². The van der Waals surface area contributed by atoms with Crippen molar-refractivity contribution in [2.75, 3.05) is 14.2 Å². The van der Waals surface area contributed by atoms with Gasteiger partial charge >= 0.3 is 11.9 Å². The largest absolute Gasteiger partial charge is 0.496 e. The van der Waals surface area contributed by atoms with Gasteiger partial charge in [0.2, 0.25) is 0 Å². The first kappa shape index (κ1) is 28.6. The van der Waals surface area contributed by atoms with E-state index < -0.39 is 10.8 Å². The standard InChI is InChI=1S/C29H36O7/c1-17-23(36-27(32)29(6,7)8)18(2)25(34-10)21(24(17)33-9)15-16-22(30)19-11-13-20(14-12-19)35-26(31)28(3,4)5/h11-16H,1-10H3. The summed E-state index contributed by atoms with van der Waals surface area (Å²) in [6.07, 6.45) is 3.03. The van der Waals surface area contributed by atoms with Crippen LogP contribution in [0.15, 0.2) is 30.3 Å². The van der Waals surface area contributed by atoms with Crippen LogP contribution in [0.2, 0.25) is 0 Å². The highest BCUT2D eigenvalue weighted by Crippen LogP contribution is 2.44. The Bertz CT molecular complexity index is 1140. The molecule has 0 fully saturated rings. The van der Waals surface area contributed by atoms with Crippen LogP contribution in [-0.4, -0.2) is 31.9 Å². The van der Waals surface area contributed by atoms with Gasteiger partial charge in [0.05, 0.1) is 30.6 Å². The number of esters is 2. The summed E-state index contributed by atoms with van der Waals surface area (Å²) in [7, 11) is 3.01. The first-order chi connectivity index (χ1) is 16.6. The second kappa shape index (κ2) is 11.0. The van der Waals surface area contributed by atoms with Gasteiger partial charge in [-0.1, -0.05) is 0 Å². The molecule has 0 unspecified atom stereocenters. The highest BCUT2D eigenvalue weighted by Gasteiger charge is 2.28. The summed E-state index contributed by atoms with van der Waals surface area (Å²) in [5.74, 6) is 0.602. The molecule has 7 nitrogen and oxygen atoms in total. The van der Waals surface area contributed by atoms with Crippen LogP contribution in [0.1, 0.15) is 68.6 Å². The third kappa shape index (κ3) is 6.53. The lowest BCUT2D eigenvalue weighted by Gasteiger charge is -2.23. The molecule has 2 rings (SSSR count). The van der Waals surface area contributed by atoms with Gasteiger partial charge in [0.1, 0.15) is 23.0 Å². The van der Waals surface area contributed by atoms with E-state index in [1.54, 1.807) is 85.7 Å². The Morgan fingerprint density at radius 2 is 1.14 bits per heavy atom. The molecule has 0 aromatic heterocycles. The van der Waals surface area contributed by atoms with Crippen LogP contribution in [0.4, 0.5) is 0 Å². The van der Waals surface area contributed by atoms with Gasteiger partial charge < -0.3 is 18.9 Å². The third-order valence-electron chi connectivity index (χ3n) is 5.43. The average Bonchev–Trinajstić information content (AvgIpc) is 2.79. The maximum atomic E-state index is 12.9. The molecule has 0 atom stereocenters. The number of benzene rings is 2. The molecule has 0 saturated carbocycles. The Hall–Kier alpha value is -3.61.